The maximum Gasteiger partial charge on any atom is 0.200 e. The second-order valence-corrected chi connectivity index (χ2v) is 15.2. The topological polar surface area (TPSA) is 60.5 Å². The number of aliphatic hydroxyl groups excluding tert-OH is 1. The first kappa shape index (κ1) is 23.3. The zero-order chi connectivity index (χ0) is 20.6. The van der Waals surface area contributed by atoms with E-state index in [0.29, 0.717) is 23.2 Å². The van der Waals surface area contributed by atoms with E-state index in [2.05, 4.69) is 48.5 Å². The molecule has 6 heteroatoms. The van der Waals surface area contributed by atoms with Crippen molar-refractivity contribution in [3.8, 4) is 0 Å². The Kier molecular flexibility index (Phi) is 7.59. The Labute approximate surface area is 167 Å². The van der Waals surface area contributed by atoms with Crippen LogP contribution in [-0.4, -0.2) is 56.8 Å². The molecule has 2 saturated heterocycles. The molecule has 0 aromatic carbocycles. The summed E-state index contributed by atoms with van der Waals surface area (Å²) in [5.41, 5.74) is 1.58. The molecule has 0 saturated carbocycles. The van der Waals surface area contributed by atoms with Gasteiger partial charge in [-0.2, -0.15) is 0 Å². The lowest BCUT2D eigenvalue weighted by Crippen LogP contribution is -2.52. The molecule has 0 aromatic rings. The zero-order valence-corrected chi connectivity index (χ0v) is 19.8. The Morgan fingerprint density at radius 1 is 1.00 bits per heavy atom. The van der Waals surface area contributed by atoms with Crippen molar-refractivity contribution < 1.29 is 23.7 Å². The van der Waals surface area contributed by atoms with Crippen molar-refractivity contribution in [2.75, 3.05) is 13.2 Å². The van der Waals surface area contributed by atoms with Crippen LogP contribution in [0.15, 0.2) is 0 Å². The number of rotatable bonds is 10. The lowest BCUT2D eigenvalue weighted by molar-refractivity contribution is -0.148. The van der Waals surface area contributed by atoms with Crippen molar-refractivity contribution in [3.05, 3.63) is 0 Å². The number of ether oxygens (including phenoxy) is 3. The van der Waals surface area contributed by atoms with Crippen LogP contribution in [0.1, 0.15) is 68.7 Å². The lowest BCUT2D eigenvalue weighted by atomic mass is 9.94. The van der Waals surface area contributed by atoms with E-state index >= 15 is 0 Å². The van der Waals surface area contributed by atoms with Gasteiger partial charge in [-0.25, -0.2) is 0 Å². The van der Waals surface area contributed by atoms with Crippen LogP contribution in [0.2, 0.25) is 16.6 Å². The third-order valence-electron chi connectivity index (χ3n) is 6.60. The summed E-state index contributed by atoms with van der Waals surface area (Å²) in [5.74, 6) is -0.325. The highest BCUT2D eigenvalue weighted by Gasteiger charge is 2.51. The Balaban J connectivity index is 2.23. The Hall–Kier alpha value is 0.0169. The fraction of sp³-hybridized carbons (Fsp3) is 1.00. The van der Waals surface area contributed by atoms with Gasteiger partial charge in [0.2, 0.25) is 8.32 Å². The molecular formula is C21H42O5Si. The summed E-state index contributed by atoms with van der Waals surface area (Å²) >= 11 is 0. The highest BCUT2D eigenvalue weighted by atomic mass is 28.4. The van der Waals surface area contributed by atoms with Crippen LogP contribution in [0.3, 0.4) is 0 Å². The molecular weight excluding hydrogens is 360 g/mol. The van der Waals surface area contributed by atoms with E-state index in [1.165, 1.54) is 0 Å². The minimum atomic E-state index is -2.03. The standard InChI is InChI=1S/C21H42O5Si/c1-13(2)27(14(3)4,15(5)6)26-17(10-18-19(11-22)24-18)16(7)20-12-23-21(8,9)25-20/h13-20,22H,10-12H2,1-9H3/t16-,17+,18+,19+,20-/m1/s1. The van der Waals surface area contributed by atoms with Gasteiger partial charge >= 0.3 is 0 Å². The smallest absolute Gasteiger partial charge is 0.200 e. The largest absolute Gasteiger partial charge is 0.413 e. The SMILES string of the molecule is CC(C)[Si](O[C@@H](C[C@@H]1O[C@H]1CO)[C@@H](C)[C@H]1COC(C)(C)O1)(C(C)C)C(C)C. The summed E-state index contributed by atoms with van der Waals surface area (Å²) < 4.78 is 24.8. The molecule has 0 aromatic heterocycles. The van der Waals surface area contributed by atoms with E-state index in [-0.39, 0.29) is 36.9 Å². The van der Waals surface area contributed by atoms with Gasteiger partial charge in [-0.1, -0.05) is 48.5 Å². The van der Waals surface area contributed by atoms with Crippen molar-refractivity contribution in [1.29, 1.82) is 0 Å². The Morgan fingerprint density at radius 3 is 1.93 bits per heavy atom. The monoisotopic (exact) mass is 402 g/mol. The normalized spacial score (nSPS) is 30.3. The van der Waals surface area contributed by atoms with Gasteiger partial charge in [0.15, 0.2) is 5.79 Å². The fourth-order valence-corrected chi connectivity index (χ4v) is 10.7. The number of aliphatic hydroxyl groups is 1. The van der Waals surface area contributed by atoms with Crippen LogP contribution in [0, 0.1) is 5.92 Å². The van der Waals surface area contributed by atoms with E-state index in [4.69, 9.17) is 18.6 Å². The summed E-state index contributed by atoms with van der Waals surface area (Å²) in [7, 11) is -2.03. The average molecular weight is 403 g/mol. The lowest BCUT2D eigenvalue weighted by Gasteiger charge is -2.46. The first-order valence-corrected chi connectivity index (χ1v) is 12.8. The van der Waals surface area contributed by atoms with Crippen molar-refractivity contribution in [1.82, 2.24) is 0 Å². The predicted octanol–water partition coefficient (Wildman–Crippen LogP) is 4.48. The third kappa shape index (κ3) is 5.14. The van der Waals surface area contributed by atoms with Gasteiger partial charge in [-0.3, -0.25) is 0 Å². The van der Waals surface area contributed by atoms with E-state index in [9.17, 15) is 5.11 Å². The van der Waals surface area contributed by atoms with Crippen LogP contribution >= 0.6 is 0 Å². The molecule has 5 nitrogen and oxygen atoms in total. The molecule has 27 heavy (non-hydrogen) atoms. The second kappa shape index (κ2) is 8.80. The number of epoxide rings is 1. The zero-order valence-electron chi connectivity index (χ0n) is 18.8. The van der Waals surface area contributed by atoms with Crippen molar-refractivity contribution in [2.24, 2.45) is 5.92 Å². The van der Waals surface area contributed by atoms with E-state index in [0.717, 1.165) is 6.42 Å². The van der Waals surface area contributed by atoms with Crippen LogP contribution < -0.4 is 0 Å². The molecule has 0 spiro atoms. The molecule has 0 aliphatic carbocycles. The fourth-order valence-electron chi connectivity index (χ4n) is 5.03. The molecule has 2 aliphatic heterocycles. The van der Waals surface area contributed by atoms with Gasteiger partial charge < -0.3 is 23.7 Å². The maximum absolute atomic E-state index is 9.40. The van der Waals surface area contributed by atoms with Gasteiger partial charge in [-0.05, 0) is 30.5 Å². The molecule has 1 N–H and O–H groups in total. The molecule has 2 rings (SSSR count). The van der Waals surface area contributed by atoms with Crippen LogP contribution in [0.25, 0.3) is 0 Å². The quantitative estimate of drug-likeness (QED) is 0.431. The van der Waals surface area contributed by atoms with E-state index < -0.39 is 14.1 Å². The molecule has 2 heterocycles. The first-order valence-electron chi connectivity index (χ1n) is 10.7. The average Bonchev–Trinajstić information content (AvgIpc) is 3.21. The van der Waals surface area contributed by atoms with Gasteiger partial charge in [0.1, 0.15) is 6.10 Å². The second-order valence-electron chi connectivity index (χ2n) is 9.83. The summed E-state index contributed by atoms with van der Waals surface area (Å²) in [5, 5.41) is 9.40. The van der Waals surface area contributed by atoms with Crippen LogP contribution in [0.4, 0.5) is 0 Å². The Bertz CT molecular complexity index is 457. The highest BCUT2D eigenvalue weighted by molar-refractivity contribution is 6.77. The predicted molar refractivity (Wildman–Crippen MR) is 110 cm³/mol. The third-order valence-corrected chi connectivity index (χ3v) is 12.7. The van der Waals surface area contributed by atoms with Gasteiger partial charge in [0.25, 0.3) is 0 Å². The minimum Gasteiger partial charge on any atom is -0.413 e. The van der Waals surface area contributed by atoms with Crippen molar-refractivity contribution in [2.45, 2.75) is 116 Å². The number of hydrogen-bond donors (Lipinski definition) is 1. The van der Waals surface area contributed by atoms with Crippen LogP contribution in [-0.2, 0) is 18.6 Å². The summed E-state index contributed by atoms with van der Waals surface area (Å²) in [6, 6.07) is 0. The first-order chi connectivity index (χ1) is 12.4. The Morgan fingerprint density at radius 2 is 1.56 bits per heavy atom. The van der Waals surface area contributed by atoms with E-state index in [1.807, 2.05) is 13.8 Å². The number of hydrogen-bond acceptors (Lipinski definition) is 5. The summed E-state index contributed by atoms with van der Waals surface area (Å²) in [4.78, 5) is 0. The summed E-state index contributed by atoms with van der Waals surface area (Å²) in [6.07, 6.45) is 0.945. The highest BCUT2D eigenvalue weighted by Crippen LogP contribution is 2.45. The van der Waals surface area contributed by atoms with E-state index in [1.54, 1.807) is 0 Å². The molecule has 2 aliphatic rings. The van der Waals surface area contributed by atoms with Crippen molar-refractivity contribution >= 4 is 8.32 Å². The van der Waals surface area contributed by atoms with Gasteiger partial charge in [0.05, 0.1) is 31.5 Å². The minimum absolute atomic E-state index is 0.0227. The van der Waals surface area contributed by atoms with Crippen LogP contribution in [0.5, 0.6) is 0 Å². The van der Waals surface area contributed by atoms with Crippen molar-refractivity contribution in [3.63, 3.8) is 0 Å². The maximum atomic E-state index is 9.40. The molecule has 0 bridgehead atoms. The summed E-state index contributed by atoms with van der Waals surface area (Å²) in [6.45, 7) is 20.7. The molecule has 0 radical (unpaired) electrons. The molecule has 5 atom stereocenters. The molecule has 2 fully saturated rings. The van der Waals surface area contributed by atoms with Gasteiger partial charge in [0, 0.05) is 12.3 Å². The molecule has 0 unspecified atom stereocenters. The van der Waals surface area contributed by atoms with Gasteiger partial charge in [-0.15, -0.1) is 0 Å². The molecule has 0 amide bonds. The molecule has 160 valence electrons.